The van der Waals surface area contributed by atoms with Crippen LogP contribution in [0.4, 0.5) is 10.5 Å². The lowest BCUT2D eigenvalue weighted by atomic mass is 10.0. The fourth-order valence-corrected chi connectivity index (χ4v) is 3.25. The monoisotopic (exact) mass is 438 g/mol. The molecule has 0 radical (unpaired) electrons. The number of nitrogens with zero attached hydrogens (tertiary/aromatic N) is 1. The molecule has 1 fully saturated rings. The van der Waals surface area contributed by atoms with Gasteiger partial charge in [0, 0.05) is 0 Å². The van der Waals surface area contributed by atoms with Crippen molar-refractivity contribution in [3.8, 4) is 11.5 Å². The Kier molecular flexibility index (Phi) is 6.29. The van der Waals surface area contributed by atoms with Crippen LogP contribution in [0.2, 0.25) is 0 Å². The molecular weight excluding hydrogens is 416 g/mol. The van der Waals surface area contributed by atoms with Crippen molar-refractivity contribution in [2.45, 2.75) is 26.9 Å². The predicted molar refractivity (Wildman–Crippen MR) is 116 cm³/mol. The molecule has 1 aliphatic rings. The van der Waals surface area contributed by atoms with Gasteiger partial charge in [-0.1, -0.05) is 12.1 Å². The number of carbonyl (C=O) groups excluding carboxylic acids is 3. The number of anilines is 1. The lowest BCUT2D eigenvalue weighted by Gasteiger charge is -2.27. The average molecular weight is 438 g/mol. The van der Waals surface area contributed by atoms with E-state index in [1.807, 2.05) is 19.9 Å². The summed E-state index contributed by atoms with van der Waals surface area (Å²) in [6.07, 6.45) is 0.225. The Morgan fingerprint density at radius 1 is 1.06 bits per heavy atom. The fourth-order valence-electron chi connectivity index (χ4n) is 3.25. The second-order valence-electron chi connectivity index (χ2n) is 7.31. The molecule has 0 unspecified atom stereocenters. The van der Waals surface area contributed by atoms with Crippen LogP contribution in [0, 0.1) is 13.8 Å². The fraction of sp³-hybridized carbons (Fsp3) is 0.217. The number of urea groups is 1. The standard InChI is InChI=1S/C23H22N2O7/c1-12-7-13(2)9-16(8-12)25-21(27)17(20(26)24-23(25)30)10-15-5-6-18(19(11-15)31-4)32-14(3)22(28)29/h5-11,14H,1-4H3,(H,28,29)(H,24,26,30)/b17-10+/t14-/m1/s1. The Bertz CT molecular complexity index is 1130. The summed E-state index contributed by atoms with van der Waals surface area (Å²) < 4.78 is 10.6. The van der Waals surface area contributed by atoms with E-state index in [9.17, 15) is 19.2 Å². The van der Waals surface area contributed by atoms with E-state index in [1.165, 1.54) is 38.3 Å². The van der Waals surface area contributed by atoms with Gasteiger partial charge in [0.1, 0.15) is 5.57 Å². The molecule has 166 valence electrons. The maximum atomic E-state index is 13.1. The Balaban J connectivity index is 1.97. The van der Waals surface area contributed by atoms with E-state index in [-0.39, 0.29) is 17.1 Å². The van der Waals surface area contributed by atoms with E-state index >= 15 is 0 Å². The first kappa shape index (κ1) is 22.5. The van der Waals surface area contributed by atoms with Crippen molar-refractivity contribution in [3.05, 3.63) is 58.7 Å². The smallest absolute Gasteiger partial charge is 0.344 e. The van der Waals surface area contributed by atoms with Crippen LogP contribution in [0.1, 0.15) is 23.6 Å². The van der Waals surface area contributed by atoms with Crippen molar-refractivity contribution in [1.29, 1.82) is 0 Å². The van der Waals surface area contributed by atoms with E-state index < -0.39 is 29.9 Å². The number of carboxylic acids is 1. The first-order valence-electron chi connectivity index (χ1n) is 9.68. The summed E-state index contributed by atoms with van der Waals surface area (Å²) in [5, 5.41) is 11.2. The summed E-state index contributed by atoms with van der Waals surface area (Å²) in [5.41, 5.74) is 2.26. The molecule has 2 aromatic carbocycles. The lowest BCUT2D eigenvalue weighted by Crippen LogP contribution is -2.54. The molecule has 32 heavy (non-hydrogen) atoms. The van der Waals surface area contributed by atoms with Crippen molar-refractivity contribution < 1.29 is 33.8 Å². The average Bonchev–Trinajstić information content (AvgIpc) is 2.71. The number of carbonyl (C=O) groups is 4. The second kappa shape index (κ2) is 8.93. The zero-order valence-corrected chi connectivity index (χ0v) is 18.0. The van der Waals surface area contributed by atoms with Crippen LogP contribution in [-0.2, 0) is 14.4 Å². The zero-order valence-electron chi connectivity index (χ0n) is 18.0. The molecule has 9 nitrogen and oxygen atoms in total. The minimum Gasteiger partial charge on any atom is -0.493 e. The number of barbiturate groups is 1. The quantitative estimate of drug-likeness (QED) is 0.525. The lowest BCUT2D eigenvalue weighted by molar-refractivity contribution is -0.144. The van der Waals surface area contributed by atoms with Crippen LogP contribution in [0.5, 0.6) is 11.5 Å². The molecule has 1 aliphatic heterocycles. The van der Waals surface area contributed by atoms with Crippen LogP contribution < -0.4 is 19.7 Å². The Hall–Kier alpha value is -4.14. The van der Waals surface area contributed by atoms with Crippen molar-refractivity contribution in [3.63, 3.8) is 0 Å². The molecule has 2 N–H and O–H groups in total. The van der Waals surface area contributed by atoms with Gasteiger partial charge >= 0.3 is 12.0 Å². The van der Waals surface area contributed by atoms with Gasteiger partial charge in [-0.15, -0.1) is 0 Å². The summed E-state index contributed by atoms with van der Waals surface area (Å²) in [6, 6.07) is 8.94. The number of hydrogen-bond acceptors (Lipinski definition) is 6. The van der Waals surface area contributed by atoms with E-state index in [0.717, 1.165) is 16.0 Å². The molecule has 4 amide bonds. The number of nitrogens with one attached hydrogen (secondary N) is 1. The molecule has 1 saturated heterocycles. The van der Waals surface area contributed by atoms with Crippen molar-refractivity contribution in [2.75, 3.05) is 12.0 Å². The normalized spacial score (nSPS) is 16.1. The number of methoxy groups -OCH3 is 1. The van der Waals surface area contributed by atoms with Crippen LogP contribution in [0.25, 0.3) is 6.08 Å². The SMILES string of the molecule is COc1cc(/C=C2\C(=O)NC(=O)N(c3cc(C)cc(C)c3)C2=O)ccc1O[C@H](C)C(=O)O. The van der Waals surface area contributed by atoms with E-state index in [2.05, 4.69) is 5.32 Å². The zero-order chi connectivity index (χ0) is 23.6. The number of rotatable bonds is 6. The number of amides is 4. The number of benzene rings is 2. The number of ether oxygens (including phenoxy) is 2. The van der Waals surface area contributed by atoms with Crippen molar-refractivity contribution in [2.24, 2.45) is 0 Å². The first-order valence-corrected chi connectivity index (χ1v) is 9.68. The molecular formula is C23H22N2O7. The maximum absolute atomic E-state index is 13.1. The van der Waals surface area contributed by atoms with Crippen molar-refractivity contribution >= 4 is 35.6 Å². The van der Waals surface area contributed by atoms with Crippen LogP contribution in [-0.4, -0.2) is 42.1 Å². The van der Waals surface area contributed by atoms with Crippen LogP contribution in [0.15, 0.2) is 42.0 Å². The topological polar surface area (TPSA) is 122 Å². The highest BCUT2D eigenvalue weighted by atomic mass is 16.5. The third kappa shape index (κ3) is 4.61. The predicted octanol–water partition coefficient (Wildman–Crippen LogP) is 2.83. The number of carboxylic acid groups (broad SMARTS) is 1. The highest BCUT2D eigenvalue weighted by Crippen LogP contribution is 2.31. The van der Waals surface area contributed by atoms with Gasteiger partial charge in [0.2, 0.25) is 0 Å². The van der Waals surface area contributed by atoms with E-state index in [1.54, 1.807) is 12.1 Å². The molecule has 0 aliphatic carbocycles. The molecule has 0 bridgehead atoms. The van der Waals surface area contributed by atoms with Crippen molar-refractivity contribution in [1.82, 2.24) is 5.32 Å². The first-order chi connectivity index (χ1) is 15.1. The Morgan fingerprint density at radius 3 is 2.31 bits per heavy atom. The summed E-state index contributed by atoms with van der Waals surface area (Å²) in [5.74, 6) is -2.31. The molecule has 0 saturated carbocycles. The molecule has 1 atom stereocenters. The summed E-state index contributed by atoms with van der Waals surface area (Å²) in [4.78, 5) is 49.8. The highest BCUT2D eigenvalue weighted by molar-refractivity contribution is 6.39. The van der Waals surface area contributed by atoms with Gasteiger partial charge in [-0.25, -0.2) is 14.5 Å². The molecule has 1 heterocycles. The van der Waals surface area contributed by atoms with Gasteiger partial charge in [-0.05, 0) is 67.8 Å². The number of aryl methyl sites for hydroxylation is 2. The third-order valence-electron chi connectivity index (χ3n) is 4.72. The number of imide groups is 2. The number of aliphatic carboxylic acids is 1. The Morgan fingerprint density at radius 2 is 1.72 bits per heavy atom. The van der Waals surface area contributed by atoms with Gasteiger partial charge in [0.25, 0.3) is 11.8 Å². The van der Waals surface area contributed by atoms with Gasteiger partial charge in [-0.2, -0.15) is 0 Å². The van der Waals surface area contributed by atoms with E-state index in [4.69, 9.17) is 14.6 Å². The largest absolute Gasteiger partial charge is 0.493 e. The minimum absolute atomic E-state index is 0.191. The highest BCUT2D eigenvalue weighted by Gasteiger charge is 2.37. The summed E-state index contributed by atoms with van der Waals surface area (Å²) in [7, 11) is 1.38. The van der Waals surface area contributed by atoms with Crippen LogP contribution in [0.3, 0.4) is 0 Å². The minimum atomic E-state index is -1.14. The Labute approximate surface area is 184 Å². The van der Waals surface area contributed by atoms with Gasteiger partial charge in [0.05, 0.1) is 12.8 Å². The molecule has 0 aromatic heterocycles. The third-order valence-corrected chi connectivity index (χ3v) is 4.72. The maximum Gasteiger partial charge on any atom is 0.344 e. The molecule has 9 heteroatoms. The molecule has 0 spiro atoms. The van der Waals surface area contributed by atoms with Gasteiger partial charge in [-0.3, -0.25) is 14.9 Å². The number of hydrogen-bond donors (Lipinski definition) is 2. The summed E-state index contributed by atoms with van der Waals surface area (Å²) >= 11 is 0. The van der Waals surface area contributed by atoms with Gasteiger partial charge in [0.15, 0.2) is 17.6 Å². The second-order valence-corrected chi connectivity index (χ2v) is 7.31. The molecule has 2 aromatic rings. The summed E-state index contributed by atoms with van der Waals surface area (Å²) in [6.45, 7) is 5.05. The molecule has 3 rings (SSSR count). The van der Waals surface area contributed by atoms with Gasteiger partial charge < -0.3 is 14.6 Å². The van der Waals surface area contributed by atoms with E-state index in [0.29, 0.717) is 11.3 Å². The van der Waals surface area contributed by atoms with Crippen LogP contribution >= 0.6 is 0 Å².